The van der Waals surface area contributed by atoms with Gasteiger partial charge in [0, 0.05) is 8.32 Å². The molecule has 0 bridgehead atoms. The maximum Gasteiger partial charge on any atom is 0.337 e. The minimum atomic E-state index is -1.04. The van der Waals surface area contributed by atoms with Crippen LogP contribution in [-0.4, -0.2) is 27.5 Å². The molecule has 0 saturated carbocycles. The van der Waals surface area contributed by atoms with E-state index in [0.717, 1.165) is 3.57 Å². The van der Waals surface area contributed by atoms with E-state index in [-0.39, 0.29) is 16.2 Å². The van der Waals surface area contributed by atoms with Crippen molar-refractivity contribution in [3.63, 3.8) is 0 Å². The van der Waals surface area contributed by atoms with Crippen LogP contribution in [0.4, 0.5) is 5.69 Å². The number of thioether (sulfide) groups is 1. The van der Waals surface area contributed by atoms with E-state index in [1.807, 2.05) is 43.4 Å². The van der Waals surface area contributed by atoms with E-state index >= 15 is 0 Å². The van der Waals surface area contributed by atoms with Crippen molar-refractivity contribution >= 4 is 51.9 Å². The van der Waals surface area contributed by atoms with Crippen molar-refractivity contribution in [3.05, 3.63) is 27.3 Å². The van der Waals surface area contributed by atoms with E-state index in [1.54, 1.807) is 12.1 Å². The van der Waals surface area contributed by atoms with Gasteiger partial charge in [0.1, 0.15) is 0 Å². The quantitative estimate of drug-likeness (QED) is 0.769. The third kappa shape index (κ3) is 5.82. The molecule has 0 fully saturated rings. The first-order chi connectivity index (χ1) is 8.69. The number of carbonyl (C=O) groups excluding carboxylic acids is 1. The Morgan fingerprint density at radius 1 is 1.37 bits per heavy atom. The van der Waals surface area contributed by atoms with E-state index < -0.39 is 5.97 Å². The lowest BCUT2D eigenvalue weighted by molar-refractivity contribution is -0.113. The summed E-state index contributed by atoms with van der Waals surface area (Å²) in [5, 5.41) is 11.8. The zero-order chi connectivity index (χ0) is 14.6. The van der Waals surface area contributed by atoms with E-state index in [4.69, 9.17) is 5.11 Å². The number of anilines is 1. The smallest absolute Gasteiger partial charge is 0.337 e. The third-order valence-corrected chi connectivity index (χ3v) is 4.07. The van der Waals surface area contributed by atoms with Gasteiger partial charge in [-0.2, -0.15) is 0 Å². The molecule has 0 heterocycles. The Labute approximate surface area is 130 Å². The molecule has 0 aliphatic carbocycles. The molecule has 0 saturated heterocycles. The molecule has 1 aromatic rings. The highest BCUT2D eigenvalue weighted by Gasteiger charge is 2.16. The summed E-state index contributed by atoms with van der Waals surface area (Å²) in [4.78, 5) is 22.9. The zero-order valence-corrected chi connectivity index (χ0v) is 14.0. The summed E-state index contributed by atoms with van der Waals surface area (Å²) in [5.74, 6) is -0.935. The van der Waals surface area contributed by atoms with Gasteiger partial charge >= 0.3 is 5.97 Å². The number of aromatic carboxylic acids is 1. The lowest BCUT2D eigenvalue weighted by Crippen LogP contribution is -2.20. The molecule has 0 aromatic heterocycles. The summed E-state index contributed by atoms with van der Waals surface area (Å²) in [5.41, 5.74) is 0.452. The molecule has 0 aliphatic rings. The average Bonchev–Trinajstić information content (AvgIpc) is 2.28. The number of hydrogen-bond acceptors (Lipinski definition) is 3. The minimum Gasteiger partial charge on any atom is -0.478 e. The second-order valence-corrected chi connectivity index (χ2v) is 7.99. The van der Waals surface area contributed by atoms with Crippen LogP contribution in [0.25, 0.3) is 0 Å². The van der Waals surface area contributed by atoms with Crippen LogP contribution in [0.5, 0.6) is 0 Å². The Hall–Kier alpha value is -0.760. The molecule has 0 unspecified atom stereocenters. The van der Waals surface area contributed by atoms with Crippen LogP contribution in [0.3, 0.4) is 0 Å². The topological polar surface area (TPSA) is 66.4 Å². The van der Waals surface area contributed by atoms with E-state index in [0.29, 0.717) is 11.4 Å². The van der Waals surface area contributed by atoms with Gasteiger partial charge in [0.05, 0.1) is 17.0 Å². The maximum absolute atomic E-state index is 11.8. The molecular weight excluding hydrogens is 377 g/mol. The molecule has 0 atom stereocenters. The number of carboxylic acid groups (broad SMARTS) is 1. The number of halogens is 1. The second-order valence-electron chi connectivity index (χ2n) is 4.94. The largest absolute Gasteiger partial charge is 0.478 e. The fraction of sp³-hybridized carbons (Fsp3) is 0.385. The van der Waals surface area contributed by atoms with Crippen LogP contribution >= 0.6 is 34.4 Å². The van der Waals surface area contributed by atoms with Crippen LogP contribution in [0, 0.1) is 3.57 Å². The molecule has 19 heavy (non-hydrogen) atoms. The lowest BCUT2D eigenvalue weighted by atomic mass is 10.2. The van der Waals surface area contributed by atoms with Gasteiger partial charge < -0.3 is 10.4 Å². The normalized spacial score (nSPS) is 11.2. The number of benzene rings is 1. The first-order valence-corrected chi connectivity index (χ1v) is 7.72. The highest BCUT2D eigenvalue weighted by molar-refractivity contribution is 14.1. The summed E-state index contributed by atoms with van der Waals surface area (Å²) in [6.45, 7) is 6.08. The molecule has 1 amide bonds. The highest BCUT2D eigenvalue weighted by Crippen LogP contribution is 2.24. The predicted octanol–water partition coefficient (Wildman–Crippen LogP) is 3.46. The SMILES string of the molecule is CC(C)(C)SCC(=O)Nc1ccc(I)cc1C(=O)O. The third-order valence-electron chi connectivity index (χ3n) is 2.12. The van der Waals surface area contributed by atoms with Gasteiger partial charge in [-0.1, -0.05) is 20.8 Å². The van der Waals surface area contributed by atoms with Crippen LogP contribution in [0.2, 0.25) is 0 Å². The van der Waals surface area contributed by atoms with Crippen LogP contribution in [-0.2, 0) is 4.79 Å². The van der Waals surface area contributed by atoms with Crippen molar-refractivity contribution in [1.82, 2.24) is 0 Å². The molecule has 1 rings (SSSR count). The number of amides is 1. The van der Waals surface area contributed by atoms with Crippen molar-refractivity contribution in [2.24, 2.45) is 0 Å². The van der Waals surface area contributed by atoms with Crippen molar-refractivity contribution < 1.29 is 14.7 Å². The molecule has 2 N–H and O–H groups in total. The number of nitrogens with one attached hydrogen (secondary N) is 1. The van der Waals surface area contributed by atoms with E-state index in [1.165, 1.54) is 17.8 Å². The Bertz CT molecular complexity index is 497. The molecule has 0 spiro atoms. The number of hydrogen-bond donors (Lipinski definition) is 2. The Balaban J connectivity index is 2.77. The fourth-order valence-corrected chi connectivity index (χ4v) is 2.40. The fourth-order valence-electron chi connectivity index (χ4n) is 1.27. The Morgan fingerprint density at radius 2 is 2.00 bits per heavy atom. The number of rotatable bonds is 4. The Morgan fingerprint density at radius 3 is 2.53 bits per heavy atom. The average molecular weight is 393 g/mol. The second kappa shape index (κ2) is 6.60. The predicted molar refractivity (Wildman–Crippen MR) is 87.0 cm³/mol. The van der Waals surface area contributed by atoms with Gasteiger partial charge in [-0.05, 0) is 40.8 Å². The first kappa shape index (κ1) is 16.3. The molecule has 1 aromatic carbocycles. The highest BCUT2D eigenvalue weighted by atomic mass is 127. The van der Waals surface area contributed by atoms with Crippen molar-refractivity contribution in [2.75, 3.05) is 11.1 Å². The summed E-state index contributed by atoms with van der Waals surface area (Å²) in [6, 6.07) is 4.92. The molecular formula is C13H16INO3S. The van der Waals surface area contributed by atoms with Gasteiger partial charge in [0.25, 0.3) is 0 Å². The van der Waals surface area contributed by atoms with Crippen LogP contribution < -0.4 is 5.32 Å². The maximum atomic E-state index is 11.8. The molecule has 0 aliphatic heterocycles. The molecule has 0 radical (unpaired) electrons. The summed E-state index contributed by atoms with van der Waals surface area (Å²) >= 11 is 3.55. The van der Waals surface area contributed by atoms with E-state index in [9.17, 15) is 9.59 Å². The van der Waals surface area contributed by atoms with Crippen LogP contribution in [0.1, 0.15) is 31.1 Å². The summed E-state index contributed by atoms with van der Waals surface area (Å²) in [7, 11) is 0. The number of carboxylic acids is 1. The van der Waals surface area contributed by atoms with Crippen LogP contribution in [0.15, 0.2) is 18.2 Å². The monoisotopic (exact) mass is 393 g/mol. The van der Waals surface area contributed by atoms with Crippen molar-refractivity contribution in [2.45, 2.75) is 25.5 Å². The van der Waals surface area contributed by atoms with Crippen molar-refractivity contribution in [3.8, 4) is 0 Å². The lowest BCUT2D eigenvalue weighted by Gasteiger charge is -2.17. The number of carbonyl (C=O) groups is 2. The van der Waals surface area contributed by atoms with Crippen molar-refractivity contribution in [1.29, 1.82) is 0 Å². The van der Waals surface area contributed by atoms with Gasteiger partial charge in [-0.3, -0.25) is 4.79 Å². The summed E-state index contributed by atoms with van der Waals surface area (Å²) < 4.78 is 0.816. The zero-order valence-electron chi connectivity index (χ0n) is 11.0. The first-order valence-electron chi connectivity index (χ1n) is 5.66. The molecule has 4 nitrogen and oxygen atoms in total. The standard InChI is InChI=1S/C13H16INO3S/c1-13(2,3)19-7-11(16)15-10-5-4-8(14)6-9(10)12(17)18/h4-6H,7H2,1-3H3,(H,15,16)(H,17,18). The van der Waals surface area contributed by atoms with Gasteiger partial charge in [-0.15, -0.1) is 11.8 Å². The van der Waals surface area contributed by atoms with Gasteiger partial charge in [0.2, 0.25) is 5.91 Å². The van der Waals surface area contributed by atoms with Gasteiger partial charge in [-0.25, -0.2) is 4.79 Å². The van der Waals surface area contributed by atoms with Gasteiger partial charge in [0.15, 0.2) is 0 Å². The molecule has 104 valence electrons. The minimum absolute atomic E-state index is 0.000958. The Kier molecular flexibility index (Phi) is 5.66. The molecule has 6 heteroatoms. The van der Waals surface area contributed by atoms with E-state index in [2.05, 4.69) is 5.32 Å². The summed E-state index contributed by atoms with van der Waals surface area (Å²) in [6.07, 6.45) is 0.